The molecule has 2 bridgehead atoms. The molecule has 0 aromatic carbocycles. The molecule has 21 heavy (non-hydrogen) atoms. The Balaban J connectivity index is 1.66. The number of hydrogen-bond acceptors (Lipinski definition) is 3. The average molecular weight is 487 g/mol. The van der Waals surface area contributed by atoms with Crippen LogP contribution in [0.4, 0.5) is 0 Å². The minimum Gasteiger partial charge on any atom is -0.371 e. The van der Waals surface area contributed by atoms with Crippen molar-refractivity contribution in [1.29, 1.82) is 0 Å². The molecular weight excluding hydrogens is 468 g/mol. The lowest BCUT2D eigenvalue weighted by Gasteiger charge is -2.42. The second-order valence-electron chi connectivity index (χ2n) is 5.90. The summed E-state index contributed by atoms with van der Waals surface area (Å²) in [5, 5.41) is 0. The van der Waals surface area contributed by atoms with Gasteiger partial charge in [-0.05, 0) is 12.8 Å². The molecule has 3 aliphatic heterocycles. The van der Waals surface area contributed by atoms with E-state index in [-0.39, 0.29) is 41.5 Å². The number of ether oxygens (including phenoxy) is 3. The van der Waals surface area contributed by atoms with Gasteiger partial charge in [-0.15, -0.1) is 6.42 Å². The lowest BCUT2D eigenvalue weighted by molar-refractivity contribution is -0.136. The highest BCUT2D eigenvalue weighted by molar-refractivity contribution is 9.10. The molecule has 3 saturated heterocycles. The van der Waals surface area contributed by atoms with Gasteiger partial charge in [0.1, 0.15) is 6.10 Å². The third kappa shape index (κ3) is 3.12. The maximum Gasteiger partial charge on any atom is 0.144 e. The number of fused-ring (bicyclic) bond motifs is 2. The van der Waals surface area contributed by atoms with Crippen molar-refractivity contribution < 1.29 is 14.2 Å². The van der Waals surface area contributed by atoms with E-state index in [0.717, 1.165) is 19.3 Å². The Kier molecular flexibility index (Phi) is 5.40. The molecule has 3 fully saturated rings. The predicted octanol–water partition coefficient (Wildman–Crippen LogP) is 3.40. The first-order valence-electron chi connectivity index (χ1n) is 7.39. The Morgan fingerprint density at radius 3 is 2.43 bits per heavy atom. The van der Waals surface area contributed by atoms with Gasteiger partial charge in [-0.25, -0.2) is 0 Å². The zero-order chi connectivity index (χ0) is 15.1. The predicted molar refractivity (Wildman–Crippen MR) is 92.5 cm³/mol. The fourth-order valence-electron chi connectivity index (χ4n) is 3.43. The van der Waals surface area contributed by atoms with Gasteiger partial charge >= 0.3 is 0 Å². The first-order chi connectivity index (χ1) is 10.0. The molecular formula is C15H19Br3O3. The summed E-state index contributed by atoms with van der Waals surface area (Å²) in [6, 6.07) is 0. The van der Waals surface area contributed by atoms with E-state index in [1.807, 2.05) is 0 Å². The van der Waals surface area contributed by atoms with Gasteiger partial charge in [0.05, 0.1) is 35.3 Å². The number of alkyl halides is 3. The van der Waals surface area contributed by atoms with Gasteiger partial charge in [-0.2, -0.15) is 0 Å². The zero-order valence-corrected chi connectivity index (χ0v) is 16.5. The SMILES string of the molecule is C#C[C@@H]1O[C@@H]2C[C@H]1O[C@@H]2[C@H](Br)[C@@H]1O[C@H](CC)[C@@H](Br)C[C@H]1Br. The smallest absolute Gasteiger partial charge is 0.144 e. The Morgan fingerprint density at radius 1 is 1.10 bits per heavy atom. The molecule has 0 unspecified atom stereocenters. The Hall–Kier alpha value is 0.880. The number of rotatable bonds is 3. The summed E-state index contributed by atoms with van der Waals surface area (Å²) in [7, 11) is 0. The highest BCUT2D eigenvalue weighted by Gasteiger charge is 2.53. The molecule has 3 rings (SSSR count). The van der Waals surface area contributed by atoms with Crippen LogP contribution in [0.1, 0.15) is 26.2 Å². The molecule has 0 amide bonds. The number of hydrogen-bond donors (Lipinski definition) is 0. The zero-order valence-electron chi connectivity index (χ0n) is 11.8. The Bertz CT molecular complexity index is 427. The third-order valence-corrected chi connectivity index (χ3v) is 7.46. The molecule has 0 saturated carbocycles. The maximum atomic E-state index is 6.28. The molecule has 0 aliphatic carbocycles. The van der Waals surface area contributed by atoms with Crippen LogP contribution in [0.3, 0.4) is 0 Å². The van der Waals surface area contributed by atoms with Crippen LogP contribution in [0.15, 0.2) is 0 Å². The van der Waals surface area contributed by atoms with Crippen molar-refractivity contribution >= 4 is 47.8 Å². The summed E-state index contributed by atoms with van der Waals surface area (Å²) in [6.07, 6.45) is 8.62. The largest absolute Gasteiger partial charge is 0.371 e. The minimum atomic E-state index is -0.187. The molecule has 3 aliphatic rings. The fraction of sp³-hybridized carbons (Fsp3) is 0.867. The fourth-order valence-corrected chi connectivity index (χ4v) is 7.05. The lowest BCUT2D eigenvalue weighted by atomic mass is 9.96. The van der Waals surface area contributed by atoms with Gasteiger partial charge in [0.15, 0.2) is 0 Å². The minimum absolute atomic E-state index is 0.00836. The third-order valence-electron chi connectivity index (χ3n) is 4.56. The van der Waals surface area contributed by atoms with Crippen molar-refractivity contribution in [2.45, 2.75) is 77.3 Å². The quantitative estimate of drug-likeness (QED) is 0.452. The van der Waals surface area contributed by atoms with Gasteiger partial charge in [-0.3, -0.25) is 0 Å². The molecule has 0 aromatic rings. The first-order valence-corrected chi connectivity index (χ1v) is 10.1. The van der Waals surface area contributed by atoms with Gasteiger partial charge in [-0.1, -0.05) is 60.6 Å². The van der Waals surface area contributed by atoms with Crippen LogP contribution in [-0.4, -0.2) is 51.1 Å². The van der Waals surface area contributed by atoms with E-state index >= 15 is 0 Å². The van der Waals surface area contributed by atoms with Crippen LogP contribution in [0.25, 0.3) is 0 Å². The summed E-state index contributed by atoms with van der Waals surface area (Å²) in [6.45, 7) is 2.16. The summed E-state index contributed by atoms with van der Waals surface area (Å²) in [5.41, 5.74) is 0. The average Bonchev–Trinajstić information content (AvgIpc) is 3.06. The number of terminal acetylenes is 1. The first kappa shape index (κ1) is 16.7. The van der Waals surface area contributed by atoms with E-state index in [9.17, 15) is 0 Å². The van der Waals surface area contributed by atoms with Crippen LogP contribution >= 0.6 is 47.8 Å². The van der Waals surface area contributed by atoms with Crippen LogP contribution in [0.2, 0.25) is 0 Å². The van der Waals surface area contributed by atoms with Gasteiger partial charge in [0.25, 0.3) is 0 Å². The standard InChI is InChI=1S/C15H19Br3O3/c1-3-9-7(16)5-8(17)14(20-9)13(18)15-12-6-11(21-15)10(4-2)19-12/h2,7-15H,3,5-6H2,1H3/t7-,8+,9+,10-,11+,12+,13+,14+,15-/m0/s1. The molecule has 3 heterocycles. The van der Waals surface area contributed by atoms with Gasteiger partial charge in [0.2, 0.25) is 0 Å². The second-order valence-corrected chi connectivity index (χ2v) is 9.31. The lowest BCUT2D eigenvalue weighted by Crippen LogP contribution is -2.52. The summed E-state index contributed by atoms with van der Waals surface area (Å²) < 4.78 is 18.2. The molecule has 0 N–H and O–H groups in total. The van der Waals surface area contributed by atoms with E-state index in [1.165, 1.54) is 0 Å². The Morgan fingerprint density at radius 2 is 1.86 bits per heavy atom. The van der Waals surface area contributed by atoms with E-state index in [4.69, 9.17) is 20.6 Å². The Labute approximate surface area is 151 Å². The molecule has 0 radical (unpaired) electrons. The van der Waals surface area contributed by atoms with E-state index in [2.05, 4.69) is 60.6 Å². The van der Waals surface area contributed by atoms with E-state index < -0.39 is 0 Å². The molecule has 118 valence electrons. The molecule has 0 aromatic heterocycles. The second kappa shape index (κ2) is 6.78. The summed E-state index contributed by atoms with van der Waals surface area (Å²) >= 11 is 11.3. The molecule has 6 heteroatoms. The van der Waals surface area contributed by atoms with E-state index in [0.29, 0.717) is 9.65 Å². The van der Waals surface area contributed by atoms with Gasteiger partial charge < -0.3 is 14.2 Å². The van der Waals surface area contributed by atoms with Crippen molar-refractivity contribution in [2.24, 2.45) is 0 Å². The number of halogens is 3. The molecule has 0 spiro atoms. The van der Waals surface area contributed by atoms with Crippen molar-refractivity contribution in [3.63, 3.8) is 0 Å². The maximum absolute atomic E-state index is 6.28. The monoisotopic (exact) mass is 484 g/mol. The van der Waals surface area contributed by atoms with Crippen molar-refractivity contribution in [3.05, 3.63) is 0 Å². The summed E-state index contributed by atoms with van der Waals surface area (Å²) in [5.74, 6) is 2.66. The van der Waals surface area contributed by atoms with Crippen LogP contribution < -0.4 is 0 Å². The highest BCUT2D eigenvalue weighted by Crippen LogP contribution is 2.42. The van der Waals surface area contributed by atoms with E-state index in [1.54, 1.807) is 0 Å². The van der Waals surface area contributed by atoms with Crippen molar-refractivity contribution in [1.82, 2.24) is 0 Å². The van der Waals surface area contributed by atoms with Crippen molar-refractivity contribution in [3.8, 4) is 12.3 Å². The highest BCUT2D eigenvalue weighted by atomic mass is 79.9. The van der Waals surface area contributed by atoms with Crippen LogP contribution in [0.5, 0.6) is 0 Å². The van der Waals surface area contributed by atoms with Crippen LogP contribution in [0, 0.1) is 12.3 Å². The normalized spacial score (nSPS) is 50.8. The molecule has 9 atom stereocenters. The molecule has 3 nitrogen and oxygen atoms in total. The van der Waals surface area contributed by atoms with Crippen molar-refractivity contribution in [2.75, 3.05) is 0 Å². The van der Waals surface area contributed by atoms with Crippen LogP contribution in [-0.2, 0) is 14.2 Å². The topological polar surface area (TPSA) is 27.7 Å². The summed E-state index contributed by atoms with van der Waals surface area (Å²) in [4.78, 5) is 0.788. The van der Waals surface area contributed by atoms with Gasteiger partial charge in [0, 0.05) is 16.1 Å².